The van der Waals surface area contributed by atoms with Gasteiger partial charge in [-0.05, 0) is 24.3 Å². The first kappa shape index (κ1) is 10.3. The van der Waals surface area contributed by atoms with E-state index in [0.717, 1.165) is 10.8 Å². The monoisotopic (exact) mass is 195 g/mol. The van der Waals surface area contributed by atoms with E-state index in [9.17, 15) is 4.79 Å². The Morgan fingerprint density at radius 3 is 2.43 bits per heavy atom. The van der Waals surface area contributed by atoms with Crippen molar-refractivity contribution in [2.75, 3.05) is 19.5 Å². The smallest absolute Gasteiger partial charge is 0.335 e. The van der Waals surface area contributed by atoms with Gasteiger partial charge in [0.25, 0.3) is 0 Å². The number of amides is 2. The molecule has 1 aromatic rings. The number of hydrogen-bond donors (Lipinski definition) is 2. The lowest BCUT2D eigenvalue weighted by Gasteiger charge is -2.11. The molecule has 0 aliphatic heterocycles. The van der Waals surface area contributed by atoms with E-state index in [2.05, 4.69) is 5.32 Å². The summed E-state index contributed by atoms with van der Waals surface area (Å²) in [5.74, 6) is 5.98. The number of hydrazine groups is 1. The van der Waals surface area contributed by atoms with Gasteiger partial charge in [0, 0.05) is 12.7 Å². The fourth-order valence-electron chi connectivity index (χ4n) is 0.886. The zero-order valence-corrected chi connectivity index (χ0v) is 8.15. The maximum Gasteiger partial charge on any atom is 0.335 e. The third kappa shape index (κ3) is 2.63. The van der Waals surface area contributed by atoms with Crippen LogP contribution in [0.5, 0.6) is 5.75 Å². The van der Waals surface area contributed by atoms with Crippen molar-refractivity contribution in [1.82, 2.24) is 5.01 Å². The van der Waals surface area contributed by atoms with Crippen LogP contribution in [0.2, 0.25) is 0 Å². The Labute approximate surface area is 82.4 Å². The van der Waals surface area contributed by atoms with Crippen molar-refractivity contribution in [2.45, 2.75) is 0 Å². The molecule has 0 saturated heterocycles. The third-order valence-electron chi connectivity index (χ3n) is 1.66. The van der Waals surface area contributed by atoms with Crippen LogP contribution in [0.1, 0.15) is 0 Å². The zero-order valence-electron chi connectivity index (χ0n) is 8.15. The second kappa shape index (κ2) is 4.48. The van der Waals surface area contributed by atoms with Crippen LogP contribution >= 0.6 is 0 Å². The topological polar surface area (TPSA) is 67.6 Å². The molecule has 1 rings (SSSR count). The Kier molecular flexibility index (Phi) is 3.30. The standard InChI is InChI=1S/C9H13N3O2/c1-12(10)9(13)11-7-3-5-8(14-2)6-4-7/h3-6H,10H2,1-2H3,(H,11,13). The molecule has 1 aromatic carbocycles. The summed E-state index contributed by atoms with van der Waals surface area (Å²) >= 11 is 0. The number of nitrogens with one attached hydrogen (secondary N) is 1. The van der Waals surface area contributed by atoms with Crippen molar-refractivity contribution >= 4 is 11.7 Å². The lowest BCUT2D eigenvalue weighted by molar-refractivity contribution is 0.223. The average molecular weight is 195 g/mol. The predicted molar refractivity (Wildman–Crippen MR) is 54.0 cm³/mol. The molecule has 0 radical (unpaired) electrons. The highest BCUT2D eigenvalue weighted by molar-refractivity contribution is 5.88. The molecule has 0 unspecified atom stereocenters. The Hall–Kier alpha value is -1.75. The van der Waals surface area contributed by atoms with Gasteiger partial charge in [-0.25, -0.2) is 10.6 Å². The van der Waals surface area contributed by atoms with Crippen molar-refractivity contribution in [2.24, 2.45) is 5.84 Å². The summed E-state index contributed by atoms with van der Waals surface area (Å²) in [5.41, 5.74) is 0.674. The van der Waals surface area contributed by atoms with Crippen molar-refractivity contribution in [1.29, 1.82) is 0 Å². The zero-order chi connectivity index (χ0) is 10.6. The van der Waals surface area contributed by atoms with E-state index in [4.69, 9.17) is 10.6 Å². The van der Waals surface area contributed by atoms with E-state index in [0.29, 0.717) is 5.69 Å². The molecule has 2 amide bonds. The van der Waals surface area contributed by atoms with Crippen molar-refractivity contribution in [3.05, 3.63) is 24.3 Å². The van der Waals surface area contributed by atoms with Gasteiger partial charge in [0.2, 0.25) is 0 Å². The van der Waals surface area contributed by atoms with E-state index in [1.165, 1.54) is 7.05 Å². The summed E-state index contributed by atoms with van der Waals surface area (Å²) < 4.78 is 4.97. The largest absolute Gasteiger partial charge is 0.497 e. The number of nitrogens with two attached hydrogens (primary N) is 1. The molecule has 3 N–H and O–H groups in total. The molecule has 76 valence electrons. The number of ether oxygens (including phenoxy) is 1. The number of carbonyl (C=O) groups is 1. The van der Waals surface area contributed by atoms with Gasteiger partial charge >= 0.3 is 6.03 Å². The number of carbonyl (C=O) groups excluding carboxylic acids is 1. The van der Waals surface area contributed by atoms with Gasteiger partial charge in [-0.15, -0.1) is 0 Å². The fraction of sp³-hybridized carbons (Fsp3) is 0.222. The second-order valence-electron chi connectivity index (χ2n) is 2.77. The van der Waals surface area contributed by atoms with Crippen molar-refractivity contribution in [3.8, 4) is 5.75 Å². The highest BCUT2D eigenvalue weighted by atomic mass is 16.5. The molecule has 0 aliphatic carbocycles. The van der Waals surface area contributed by atoms with Crippen molar-refractivity contribution in [3.63, 3.8) is 0 Å². The summed E-state index contributed by atoms with van der Waals surface area (Å²) in [4.78, 5) is 11.1. The van der Waals surface area contributed by atoms with Crippen LogP contribution in [0.25, 0.3) is 0 Å². The maximum absolute atomic E-state index is 11.1. The number of rotatable bonds is 2. The molecule has 0 aliphatic rings. The Bertz CT molecular complexity index is 308. The molecular formula is C9H13N3O2. The highest BCUT2D eigenvalue weighted by Crippen LogP contribution is 2.14. The van der Waals surface area contributed by atoms with E-state index in [1.54, 1.807) is 31.4 Å². The third-order valence-corrected chi connectivity index (χ3v) is 1.66. The average Bonchev–Trinajstić information content (AvgIpc) is 2.19. The SMILES string of the molecule is COc1ccc(NC(=O)N(C)N)cc1. The molecule has 14 heavy (non-hydrogen) atoms. The van der Waals surface area contributed by atoms with Gasteiger partial charge in [-0.2, -0.15) is 0 Å². The quantitative estimate of drug-likeness (QED) is 0.421. The number of hydrogen-bond acceptors (Lipinski definition) is 3. The van der Waals surface area contributed by atoms with E-state index in [1.807, 2.05) is 0 Å². The lowest BCUT2D eigenvalue weighted by Crippen LogP contribution is -2.36. The number of urea groups is 1. The first-order chi connectivity index (χ1) is 6.63. The van der Waals surface area contributed by atoms with Crippen LogP contribution < -0.4 is 15.9 Å². The number of benzene rings is 1. The van der Waals surface area contributed by atoms with Crippen LogP contribution in [-0.4, -0.2) is 25.2 Å². The summed E-state index contributed by atoms with van der Waals surface area (Å²) in [5, 5.41) is 3.58. The van der Waals surface area contributed by atoms with Gasteiger partial charge in [0.1, 0.15) is 5.75 Å². The van der Waals surface area contributed by atoms with Gasteiger partial charge in [0.05, 0.1) is 7.11 Å². The van der Waals surface area contributed by atoms with Gasteiger partial charge in [-0.3, -0.25) is 5.01 Å². The van der Waals surface area contributed by atoms with Crippen LogP contribution in [0.15, 0.2) is 24.3 Å². The van der Waals surface area contributed by atoms with Crippen molar-refractivity contribution < 1.29 is 9.53 Å². The molecule has 0 atom stereocenters. The molecule has 5 nitrogen and oxygen atoms in total. The van der Waals surface area contributed by atoms with Gasteiger partial charge < -0.3 is 10.1 Å². The molecule has 0 fully saturated rings. The highest BCUT2D eigenvalue weighted by Gasteiger charge is 2.03. The summed E-state index contributed by atoms with van der Waals surface area (Å²) in [6.07, 6.45) is 0. The number of methoxy groups -OCH3 is 1. The van der Waals surface area contributed by atoms with Crippen LogP contribution in [0.3, 0.4) is 0 Å². The first-order valence-electron chi connectivity index (χ1n) is 4.07. The van der Waals surface area contributed by atoms with Gasteiger partial charge in [-0.1, -0.05) is 0 Å². The van der Waals surface area contributed by atoms with E-state index in [-0.39, 0.29) is 6.03 Å². The minimum absolute atomic E-state index is 0.366. The molecule has 0 heterocycles. The number of anilines is 1. The summed E-state index contributed by atoms with van der Waals surface area (Å²) in [6, 6.07) is 6.62. The lowest BCUT2D eigenvalue weighted by atomic mass is 10.3. The summed E-state index contributed by atoms with van der Waals surface area (Å²) in [6.45, 7) is 0. The Balaban J connectivity index is 2.64. The predicted octanol–water partition coefficient (Wildman–Crippen LogP) is 1.03. The summed E-state index contributed by atoms with van der Waals surface area (Å²) in [7, 11) is 3.06. The van der Waals surface area contributed by atoms with E-state index >= 15 is 0 Å². The fourth-order valence-corrected chi connectivity index (χ4v) is 0.886. The normalized spacial score (nSPS) is 9.36. The van der Waals surface area contributed by atoms with Crippen LogP contribution in [0.4, 0.5) is 10.5 Å². The molecular weight excluding hydrogens is 182 g/mol. The Morgan fingerprint density at radius 1 is 1.43 bits per heavy atom. The Morgan fingerprint density at radius 2 is 2.00 bits per heavy atom. The van der Waals surface area contributed by atoms with Crippen LogP contribution in [-0.2, 0) is 0 Å². The number of nitrogens with zero attached hydrogens (tertiary/aromatic N) is 1. The van der Waals surface area contributed by atoms with E-state index < -0.39 is 0 Å². The second-order valence-corrected chi connectivity index (χ2v) is 2.77. The molecule has 0 saturated carbocycles. The molecule has 0 aromatic heterocycles. The van der Waals surface area contributed by atoms with Crippen LogP contribution in [0, 0.1) is 0 Å². The molecule has 0 spiro atoms. The minimum Gasteiger partial charge on any atom is -0.497 e. The molecule has 5 heteroatoms. The molecule has 0 bridgehead atoms. The first-order valence-corrected chi connectivity index (χ1v) is 4.07. The minimum atomic E-state index is -0.366. The van der Waals surface area contributed by atoms with Gasteiger partial charge in [0.15, 0.2) is 0 Å². The maximum atomic E-state index is 11.1.